The van der Waals surface area contributed by atoms with E-state index < -0.39 is 0 Å². The molecule has 64 valence electrons. The predicted molar refractivity (Wildman–Crippen MR) is 44.6 cm³/mol. The first-order valence-electron chi connectivity index (χ1n) is 3.97. The van der Waals surface area contributed by atoms with E-state index in [4.69, 9.17) is 10.5 Å². The zero-order valence-corrected chi connectivity index (χ0v) is 6.92. The minimum absolute atomic E-state index is 0.649. The highest BCUT2D eigenvalue weighted by molar-refractivity contribution is 5.78. The summed E-state index contributed by atoms with van der Waals surface area (Å²) in [6.07, 6.45) is 0. The molecule has 0 aliphatic carbocycles. The molecule has 0 unspecified atom stereocenters. The number of rotatable bonds is 1. The highest BCUT2D eigenvalue weighted by Gasteiger charge is 2.10. The Bertz CT molecular complexity index is 141. The number of nitrogens with zero attached hydrogens (tertiary/aromatic N) is 2. The van der Waals surface area contributed by atoms with Crippen molar-refractivity contribution in [2.45, 2.75) is 6.92 Å². The smallest absolute Gasteiger partial charge is 0.191 e. The molecule has 0 aromatic rings. The minimum atomic E-state index is 0.649. The summed E-state index contributed by atoms with van der Waals surface area (Å²) in [5.41, 5.74) is 5.68. The summed E-state index contributed by atoms with van der Waals surface area (Å²) in [6.45, 7) is 6.00. The molecule has 1 aliphatic rings. The van der Waals surface area contributed by atoms with Crippen LogP contribution in [0.4, 0.5) is 0 Å². The van der Waals surface area contributed by atoms with Gasteiger partial charge in [0.15, 0.2) is 5.96 Å². The van der Waals surface area contributed by atoms with E-state index in [1.807, 2.05) is 11.8 Å². The van der Waals surface area contributed by atoms with Gasteiger partial charge in [0.25, 0.3) is 0 Å². The van der Waals surface area contributed by atoms with Gasteiger partial charge in [-0.3, -0.25) is 4.99 Å². The van der Waals surface area contributed by atoms with E-state index in [0.29, 0.717) is 5.96 Å². The van der Waals surface area contributed by atoms with Crippen molar-refractivity contribution in [3.63, 3.8) is 0 Å². The second kappa shape index (κ2) is 4.18. The van der Waals surface area contributed by atoms with Crippen molar-refractivity contribution < 1.29 is 4.74 Å². The fraction of sp³-hybridized carbons (Fsp3) is 0.857. The molecular weight excluding hydrogens is 142 g/mol. The molecule has 4 heteroatoms. The van der Waals surface area contributed by atoms with Crippen LogP contribution in [-0.2, 0) is 4.74 Å². The molecule has 0 aromatic heterocycles. The van der Waals surface area contributed by atoms with Crippen LogP contribution in [-0.4, -0.2) is 43.7 Å². The molecule has 0 amide bonds. The lowest BCUT2D eigenvalue weighted by molar-refractivity contribution is 0.0674. The number of hydrogen-bond donors (Lipinski definition) is 1. The number of hydrogen-bond acceptors (Lipinski definition) is 2. The summed E-state index contributed by atoms with van der Waals surface area (Å²) in [7, 11) is 0. The topological polar surface area (TPSA) is 50.8 Å². The highest BCUT2D eigenvalue weighted by atomic mass is 16.5. The van der Waals surface area contributed by atoms with Crippen LogP contribution in [0.25, 0.3) is 0 Å². The SMILES string of the molecule is CCN=C(N)N1CCOCC1. The Morgan fingerprint density at radius 3 is 2.73 bits per heavy atom. The third kappa shape index (κ3) is 2.38. The van der Waals surface area contributed by atoms with Crippen LogP contribution in [0.15, 0.2) is 4.99 Å². The van der Waals surface area contributed by atoms with Gasteiger partial charge in [-0.05, 0) is 6.92 Å². The molecule has 1 fully saturated rings. The molecule has 1 aliphatic heterocycles. The number of nitrogens with two attached hydrogens (primary N) is 1. The van der Waals surface area contributed by atoms with Gasteiger partial charge in [-0.1, -0.05) is 0 Å². The molecule has 1 heterocycles. The molecule has 0 spiro atoms. The molecule has 0 radical (unpaired) electrons. The van der Waals surface area contributed by atoms with Crippen LogP contribution in [0.2, 0.25) is 0 Å². The zero-order chi connectivity index (χ0) is 8.10. The first kappa shape index (κ1) is 8.33. The predicted octanol–water partition coefficient (Wildman–Crippen LogP) is -0.347. The average molecular weight is 157 g/mol. The van der Waals surface area contributed by atoms with Crippen LogP contribution in [0.3, 0.4) is 0 Å². The molecule has 0 atom stereocenters. The van der Waals surface area contributed by atoms with Crippen LogP contribution < -0.4 is 5.73 Å². The lowest BCUT2D eigenvalue weighted by Gasteiger charge is -2.27. The maximum Gasteiger partial charge on any atom is 0.191 e. The Morgan fingerprint density at radius 2 is 2.18 bits per heavy atom. The van der Waals surface area contributed by atoms with E-state index in [1.54, 1.807) is 0 Å². The van der Waals surface area contributed by atoms with Crippen molar-refractivity contribution >= 4 is 5.96 Å². The third-order valence-corrected chi connectivity index (χ3v) is 1.66. The molecule has 11 heavy (non-hydrogen) atoms. The first-order chi connectivity index (χ1) is 5.34. The van der Waals surface area contributed by atoms with Crippen LogP contribution in [0.5, 0.6) is 0 Å². The molecule has 0 aromatic carbocycles. The van der Waals surface area contributed by atoms with E-state index in [2.05, 4.69) is 4.99 Å². The fourth-order valence-electron chi connectivity index (χ4n) is 1.05. The van der Waals surface area contributed by atoms with Gasteiger partial charge in [0, 0.05) is 19.6 Å². The Labute approximate surface area is 67.0 Å². The van der Waals surface area contributed by atoms with E-state index in [1.165, 1.54) is 0 Å². The summed E-state index contributed by atoms with van der Waals surface area (Å²) in [5.74, 6) is 0.649. The minimum Gasteiger partial charge on any atom is -0.378 e. The van der Waals surface area contributed by atoms with E-state index >= 15 is 0 Å². The van der Waals surface area contributed by atoms with Gasteiger partial charge in [-0.2, -0.15) is 0 Å². The number of aliphatic imine (C=N–C) groups is 1. The van der Waals surface area contributed by atoms with Gasteiger partial charge in [-0.15, -0.1) is 0 Å². The molecule has 0 saturated carbocycles. The van der Waals surface area contributed by atoms with Crippen LogP contribution >= 0.6 is 0 Å². The summed E-state index contributed by atoms with van der Waals surface area (Å²) in [6, 6.07) is 0. The normalized spacial score (nSPS) is 20.5. The standard InChI is InChI=1S/C7H15N3O/c1-2-9-7(8)10-3-5-11-6-4-10/h2-6H2,1H3,(H2,8,9). The van der Waals surface area contributed by atoms with Gasteiger partial charge < -0.3 is 15.4 Å². The fourth-order valence-corrected chi connectivity index (χ4v) is 1.05. The molecule has 0 bridgehead atoms. The molecule has 2 N–H and O–H groups in total. The summed E-state index contributed by atoms with van der Waals surface area (Å²) in [4.78, 5) is 6.16. The zero-order valence-electron chi connectivity index (χ0n) is 6.92. The second-order valence-corrected chi connectivity index (χ2v) is 2.43. The largest absolute Gasteiger partial charge is 0.378 e. The van der Waals surface area contributed by atoms with Crippen molar-refractivity contribution in [3.8, 4) is 0 Å². The maximum absolute atomic E-state index is 5.68. The Balaban J connectivity index is 2.38. The quantitative estimate of drug-likeness (QED) is 0.418. The highest BCUT2D eigenvalue weighted by Crippen LogP contribution is 1.95. The molecular formula is C7H15N3O. The van der Waals surface area contributed by atoms with E-state index in [9.17, 15) is 0 Å². The van der Waals surface area contributed by atoms with Crippen LogP contribution in [0.1, 0.15) is 6.92 Å². The summed E-state index contributed by atoms with van der Waals surface area (Å²) in [5, 5.41) is 0. The second-order valence-electron chi connectivity index (χ2n) is 2.43. The van der Waals surface area contributed by atoms with Crippen molar-refractivity contribution in [2.75, 3.05) is 32.8 Å². The summed E-state index contributed by atoms with van der Waals surface area (Å²) < 4.78 is 5.18. The van der Waals surface area contributed by atoms with Gasteiger partial charge in [0.1, 0.15) is 0 Å². The van der Waals surface area contributed by atoms with Crippen LogP contribution in [0, 0.1) is 0 Å². The van der Waals surface area contributed by atoms with Gasteiger partial charge in [0.05, 0.1) is 13.2 Å². The average Bonchev–Trinajstić information content (AvgIpc) is 2.07. The number of ether oxygens (including phenoxy) is 1. The lowest BCUT2D eigenvalue weighted by atomic mass is 10.4. The Hall–Kier alpha value is -0.770. The molecule has 1 saturated heterocycles. The van der Waals surface area contributed by atoms with E-state index in [0.717, 1.165) is 32.8 Å². The van der Waals surface area contributed by atoms with Gasteiger partial charge in [-0.25, -0.2) is 0 Å². The number of morpholine rings is 1. The Morgan fingerprint density at radius 1 is 1.55 bits per heavy atom. The van der Waals surface area contributed by atoms with Crippen molar-refractivity contribution in [1.82, 2.24) is 4.90 Å². The van der Waals surface area contributed by atoms with Crippen molar-refractivity contribution in [2.24, 2.45) is 10.7 Å². The molecule has 1 rings (SSSR count). The summed E-state index contributed by atoms with van der Waals surface area (Å²) >= 11 is 0. The first-order valence-corrected chi connectivity index (χ1v) is 3.97. The van der Waals surface area contributed by atoms with Crippen molar-refractivity contribution in [3.05, 3.63) is 0 Å². The third-order valence-electron chi connectivity index (χ3n) is 1.66. The maximum atomic E-state index is 5.68. The Kier molecular flexibility index (Phi) is 3.16. The van der Waals surface area contributed by atoms with Crippen molar-refractivity contribution in [1.29, 1.82) is 0 Å². The lowest BCUT2D eigenvalue weighted by Crippen LogP contribution is -2.44. The monoisotopic (exact) mass is 157 g/mol. The number of guanidine groups is 1. The van der Waals surface area contributed by atoms with E-state index in [-0.39, 0.29) is 0 Å². The van der Waals surface area contributed by atoms with Gasteiger partial charge >= 0.3 is 0 Å². The molecule has 4 nitrogen and oxygen atoms in total. The van der Waals surface area contributed by atoms with Gasteiger partial charge in [0.2, 0.25) is 0 Å².